The van der Waals surface area contributed by atoms with Gasteiger partial charge in [-0.1, -0.05) is 0 Å². The van der Waals surface area contributed by atoms with Gasteiger partial charge in [0.15, 0.2) is 0 Å². The van der Waals surface area contributed by atoms with Crippen LogP contribution in [-0.2, 0) is 9.53 Å². The molecule has 0 atom stereocenters. The molecule has 0 aromatic carbocycles. The Balaban J connectivity index is 3.63. The quantitative estimate of drug-likeness (QED) is 0.262. The Morgan fingerprint density at radius 1 is 0.895 bits per heavy atom. The fraction of sp³-hybridized carbons (Fsp3) is 0.632. The summed E-state index contributed by atoms with van der Waals surface area (Å²) in [5, 5.41) is -0.242. The summed E-state index contributed by atoms with van der Waals surface area (Å²) in [5.41, 5.74) is -1.24. The van der Waals surface area contributed by atoms with E-state index in [1.54, 1.807) is 0 Å². The summed E-state index contributed by atoms with van der Waals surface area (Å²) in [4.78, 5) is 37.3. The highest BCUT2D eigenvalue weighted by Gasteiger charge is 2.89. The summed E-state index contributed by atoms with van der Waals surface area (Å²) in [5.74, 6) is -43.4. The average Bonchev–Trinajstić information content (AvgIpc) is 3.13. The second-order valence-corrected chi connectivity index (χ2v) is 8.43. The van der Waals surface area contributed by atoms with Crippen LogP contribution in [0.3, 0.4) is 0 Å². The fourth-order valence-corrected chi connectivity index (χ4v) is 4.03. The predicted octanol–water partition coefficient (Wildman–Crippen LogP) is 5.71. The van der Waals surface area contributed by atoms with Crippen molar-refractivity contribution in [1.29, 1.82) is 0 Å². The summed E-state index contributed by atoms with van der Waals surface area (Å²) in [7, 11) is 0.728. The van der Waals surface area contributed by atoms with Crippen LogP contribution in [0.1, 0.15) is 39.4 Å². The number of rotatable bonds is 11. The highest BCUT2D eigenvalue weighted by atomic mass is 32.1. The number of amides is 2. The number of esters is 1. The zero-order chi connectivity index (χ0) is 30.2. The first-order valence-corrected chi connectivity index (χ1v) is 10.8. The third-order valence-corrected chi connectivity index (χ3v) is 6.36. The molecule has 1 N–H and O–H groups in total. The largest absolute Gasteiger partial charge is 0.465 e. The third-order valence-electron chi connectivity index (χ3n) is 5.17. The Morgan fingerprint density at radius 3 is 1.76 bits per heavy atom. The summed E-state index contributed by atoms with van der Waals surface area (Å²) < 4.78 is 165. The van der Waals surface area contributed by atoms with Crippen LogP contribution in [0, 0.1) is 6.92 Å². The first-order chi connectivity index (χ1) is 17.0. The Kier molecular flexibility index (Phi) is 9.46. The van der Waals surface area contributed by atoms with Crippen LogP contribution in [0.2, 0.25) is 0 Å². The number of nitrogens with one attached hydrogen (secondary N) is 1. The minimum atomic E-state index is -7.92. The number of halogens is 12. The van der Waals surface area contributed by atoms with Gasteiger partial charge in [-0.05, 0) is 26.3 Å². The Hall–Kier alpha value is -2.73. The van der Waals surface area contributed by atoms with Crippen LogP contribution < -0.4 is 5.32 Å². The second-order valence-electron chi connectivity index (χ2n) is 7.40. The summed E-state index contributed by atoms with van der Waals surface area (Å²) >= 11 is 0.0162. The fourth-order valence-electron chi connectivity index (χ4n) is 2.87. The first-order valence-electron chi connectivity index (χ1n) is 10.0. The van der Waals surface area contributed by atoms with E-state index in [4.69, 9.17) is 0 Å². The molecule has 1 heterocycles. The van der Waals surface area contributed by atoms with E-state index in [0.29, 0.717) is 0 Å². The molecule has 6 nitrogen and oxygen atoms in total. The van der Waals surface area contributed by atoms with Gasteiger partial charge in [-0.3, -0.25) is 9.59 Å². The highest BCUT2D eigenvalue weighted by Crippen LogP contribution is 2.58. The van der Waals surface area contributed by atoms with Crippen molar-refractivity contribution in [3.63, 3.8) is 0 Å². The predicted molar refractivity (Wildman–Crippen MR) is 107 cm³/mol. The molecule has 0 saturated heterocycles. The number of carbonyl (C=O) groups excluding carboxylic acids is 3. The summed E-state index contributed by atoms with van der Waals surface area (Å²) in [6.45, 7) is 4.18. The van der Waals surface area contributed by atoms with E-state index in [2.05, 4.69) is 4.74 Å². The van der Waals surface area contributed by atoms with Crippen molar-refractivity contribution < 1.29 is 71.8 Å². The van der Waals surface area contributed by atoms with Gasteiger partial charge in [0.1, 0.15) is 5.00 Å². The number of hydrogen-bond acceptors (Lipinski definition) is 5. The number of nitrogens with zero attached hydrogens (tertiary/aromatic N) is 1. The van der Waals surface area contributed by atoms with Gasteiger partial charge in [-0.15, -0.1) is 11.3 Å². The van der Waals surface area contributed by atoms with Gasteiger partial charge in [0, 0.05) is 13.1 Å². The topological polar surface area (TPSA) is 75.7 Å². The number of hydrogen-bond donors (Lipinski definition) is 1. The monoisotopic (exact) mass is 598 g/mol. The number of alkyl halides is 12. The standard InChI is InChI=1S/C19H18F12N2O4S/c1-5-33(6-2)11(34)9-7(3)8(12(35)37-4)10(38-9)32-14(36)16(24,25)18(28,29)19(30,31)17(26,27)15(22,23)13(20)21/h13H,5-6H2,1-4H3,(H,32,36). The van der Waals surface area contributed by atoms with Gasteiger partial charge in [-0.2, -0.15) is 43.9 Å². The van der Waals surface area contributed by atoms with Crippen molar-refractivity contribution in [2.45, 2.75) is 56.8 Å². The molecule has 0 radical (unpaired) electrons. The molecule has 0 aliphatic heterocycles. The van der Waals surface area contributed by atoms with Gasteiger partial charge in [0.25, 0.3) is 5.91 Å². The number of ether oxygens (including phenoxy) is 1. The van der Waals surface area contributed by atoms with E-state index < -0.39 is 69.3 Å². The maximum atomic E-state index is 14.2. The average molecular weight is 598 g/mol. The van der Waals surface area contributed by atoms with E-state index in [1.807, 2.05) is 0 Å². The Morgan fingerprint density at radius 2 is 1.37 bits per heavy atom. The lowest BCUT2D eigenvalue weighted by Crippen LogP contribution is -2.70. The molecule has 0 unspecified atom stereocenters. The Bertz CT molecular complexity index is 1070. The SMILES string of the molecule is CCN(CC)C(=O)c1sc(NC(=O)C(F)(F)C(F)(F)C(F)(F)C(F)(F)C(F)(F)C(F)F)c(C(=O)OC)c1C. The number of methoxy groups -OCH3 is 1. The lowest BCUT2D eigenvalue weighted by molar-refractivity contribution is -0.406. The van der Waals surface area contributed by atoms with Crippen molar-refractivity contribution in [3.8, 4) is 0 Å². The molecule has 2 amide bonds. The van der Waals surface area contributed by atoms with Crippen molar-refractivity contribution in [2.24, 2.45) is 0 Å². The summed E-state index contributed by atoms with van der Waals surface area (Å²) in [6, 6.07) is 0. The van der Waals surface area contributed by atoms with E-state index >= 15 is 0 Å². The minimum Gasteiger partial charge on any atom is -0.465 e. The molecule has 0 spiro atoms. The van der Waals surface area contributed by atoms with Crippen molar-refractivity contribution in [1.82, 2.24) is 4.90 Å². The number of anilines is 1. The maximum absolute atomic E-state index is 14.2. The molecule has 19 heteroatoms. The molecule has 0 aliphatic carbocycles. The smallest absolute Gasteiger partial charge is 0.393 e. The van der Waals surface area contributed by atoms with Gasteiger partial charge in [-0.25, -0.2) is 13.6 Å². The molecule has 218 valence electrons. The lowest BCUT2D eigenvalue weighted by atomic mass is 9.94. The van der Waals surface area contributed by atoms with Gasteiger partial charge < -0.3 is 15.0 Å². The Labute approximate surface area is 209 Å². The zero-order valence-corrected chi connectivity index (χ0v) is 20.3. The van der Waals surface area contributed by atoms with Crippen LogP contribution in [0.5, 0.6) is 0 Å². The minimum absolute atomic E-state index is 0.0162. The summed E-state index contributed by atoms with van der Waals surface area (Å²) in [6.07, 6.45) is -5.69. The third kappa shape index (κ3) is 5.00. The van der Waals surface area contributed by atoms with E-state index in [-0.39, 0.29) is 30.0 Å². The molecule has 0 bridgehead atoms. The molecule has 1 aromatic heterocycles. The van der Waals surface area contributed by atoms with Crippen LogP contribution >= 0.6 is 11.3 Å². The van der Waals surface area contributed by atoms with Crippen LogP contribution in [0.15, 0.2) is 0 Å². The maximum Gasteiger partial charge on any atom is 0.393 e. The van der Waals surface area contributed by atoms with Gasteiger partial charge in [0.05, 0.1) is 17.6 Å². The van der Waals surface area contributed by atoms with Crippen molar-refractivity contribution >= 4 is 34.1 Å². The van der Waals surface area contributed by atoms with E-state index in [9.17, 15) is 67.1 Å². The first kappa shape index (κ1) is 33.3. The highest BCUT2D eigenvalue weighted by molar-refractivity contribution is 7.18. The van der Waals surface area contributed by atoms with Gasteiger partial charge in [0.2, 0.25) is 0 Å². The second kappa shape index (κ2) is 10.8. The van der Waals surface area contributed by atoms with Crippen molar-refractivity contribution in [2.75, 3.05) is 25.5 Å². The van der Waals surface area contributed by atoms with Crippen LogP contribution in [0.4, 0.5) is 57.7 Å². The molecule has 0 fully saturated rings. The zero-order valence-electron chi connectivity index (χ0n) is 19.5. The number of thiophene rings is 1. The number of carbonyl (C=O) groups is 3. The molecule has 0 saturated carbocycles. The van der Waals surface area contributed by atoms with Crippen molar-refractivity contribution in [3.05, 3.63) is 16.0 Å². The molecular formula is C19H18F12N2O4S. The normalized spacial score (nSPS) is 13.5. The van der Waals surface area contributed by atoms with Crippen LogP contribution in [0.25, 0.3) is 0 Å². The lowest BCUT2D eigenvalue weighted by Gasteiger charge is -2.38. The van der Waals surface area contributed by atoms with E-state index in [0.717, 1.165) is 24.3 Å². The van der Waals surface area contributed by atoms with E-state index in [1.165, 1.54) is 13.8 Å². The van der Waals surface area contributed by atoms with Gasteiger partial charge >= 0.3 is 47.9 Å². The molecular weight excluding hydrogens is 580 g/mol. The molecule has 0 aliphatic rings. The molecule has 1 aromatic rings. The van der Waals surface area contributed by atoms with Crippen LogP contribution in [-0.4, -0.2) is 78.9 Å². The molecule has 38 heavy (non-hydrogen) atoms. The molecule has 1 rings (SSSR count).